The SMILES string of the molecule is CC1(C)C2CCC1(CS(=O)(=O)N1CCOCC1)/C(=N/OC(=O)c1ccc(Cl)cc1)C2. The smallest absolute Gasteiger partial charge is 0.365 e. The molecule has 1 aliphatic heterocycles. The fraction of sp³-hybridized carbons (Fsp3) is 0.619. The van der Waals surface area contributed by atoms with Crippen molar-refractivity contribution in [3.63, 3.8) is 0 Å². The molecular weight excluding hydrogens is 428 g/mol. The Balaban J connectivity index is 1.59. The van der Waals surface area contributed by atoms with Gasteiger partial charge in [-0.1, -0.05) is 30.6 Å². The van der Waals surface area contributed by atoms with Crippen LogP contribution in [0.5, 0.6) is 0 Å². The fourth-order valence-corrected chi connectivity index (χ4v) is 7.55. The van der Waals surface area contributed by atoms with Gasteiger partial charge in [-0.05, 0) is 54.9 Å². The number of ether oxygens (including phenoxy) is 1. The summed E-state index contributed by atoms with van der Waals surface area (Å²) >= 11 is 5.87. The van der Waals surface area contributed by atoms with E-state index in [9.17, 15) is 13.2 Å². The first-order valence-corrected chi connectivity index (χ1v) is 12.2. The van der Waals surface area contributed by atoms with Gasteiger partial charge in [0.1, 0.15) is 0 Å². The first-order valence-electron chi connectivity index (χ1n) is 10.3. The van der Waals surface area contributed by atoms with Gasteiger partial charge in [-0.15, -0.1) is 0 Å². The highest BCUT2D eigenvalue weighted by Gasteiger charge is 2.64. The van der Waals surface area contributed by atoms with E-state index in [2.05, 4.69) is 19.0 Å². The molecule has 164 valence electrons. The summed E-state index contributed by atoms with van der Waals surface area (Å²) in [4.78, 5) is 17.7. The van der Waals surface area contributed by atoms with Crippen LogP contribution in [0.15, 0.2) is 29.4 Å². The number of benzene rings is 1. The van der Waals surface area contributed by atoms with Crippen LogP contribution in [0, 0.1) is 16.7 Å². The Bertz CT molecular complexity index is 954. The van der Waals surface area contributed by atoms with Gasteiger partial charge < -0.3 is 9.57 Å². The van der Waals surface area contributed by atoms with Crippen LogP contribution in [0.25, 0.3) is 0 Å². The van der Waals surface area contributed by atoms with Gasteiger partial charge in [-0.3, -0.25) is 0 Å². The highest BCUT2D eigenvalue weighted by Crippen LogP contribution is 2.64. The maximum Gasteiger partial charge on any atom is 0.365 e. The molecule has 30 heavy (non-hydrogen) atoms. The Labute approximate surface area is 182 Å². The van der Waals surface area contributed by atoms with Gasteiger partial charge in [0.25, 0.3) is 0 Å². The summed E-state index contributed by atoms with van der Waals surface area (Å²) in [7, 11) is -3.49. The standard InChI is InChI=1S/C21H27ClN2O5S/c1-20(2)16-7-8-21(20,14-30(26,27)24-9-11-28-12-10-24)18(13-16)23-29-19(25)15-3-5-17(22)6-4-15/h3-6,16H,7-14H2,1-2H3/b23-18+. The maximum absolute atomic E-state index is 13.2. The summed E-state index contributed by atoms with van der Waals surface area (Å²) < 4.78 is 33.3. The number of hydrogen-bond acceptors (Lipinski definition) is 6. The van der Waals surface area contributed by atoms with Crippen LogP contribution in [0.1, 0.15) is 43.5 Å². The Morgan fingerprint density at radius 1 is 1.27 bits per heavy atom. The summed E-state index contributed by atoms with van der Waals surface area (Å²) in [6, 6.07) is 6.38. The molecule has 2 aliphatic carbocycles. The Morgan fingerprint density at radius 2 is 1.93 bits per heavy atom. The Morgan fingerprint density at radius 3 is 2.57 bits per heavy atom. The van der Waals surface area contributed by atoms with Crippen LogP contribution in [-0.2, 0) is 19.6 Å². The largest absolute Gasteiger partial charge is 0.379 e. The van der Waals surface area contributed by atoms with Gasteiger partial charge in [-0.25, -0.2) is 13.2 Å². The molecule has 0 amide bonds. The van der Waals surface area contributed by atoms with Crippen molar-refractivity contribution >= 4 is 33.3 Å². The molecule has 7 nitrogen and oxygen atoms in total. The lowest BCUT2D eigenvalue weighted by Crippen LogP contribution is -2.49. The average molecular weight is 455 g/mol. The Hall–Kier alpha value is -1.48. The number of carbonyl (C=O) groups excluding carboxylic acids is 1. The van der Waals surface area contributed by atoms with Crippen molar-refractivity contribution in [3.05, 3.63) is 34.9 Å². The van der Waals surface area contributed by atoms with Gasteiger partial charge in [-0.2, -0.15) is 4.31 Å². The number of oxime groups is 1. The van der Waals surface area contributed by atoms with E-state index in [-0.39, 0.29) is 11.2 Å². The predicted octanol–water partition coefficient (Wildman–Crippen LogP) is 3.34. The monoisotopic (exact) mass is 454 g/mol. The lowest BCUT2D eigenvalue weighted by molar-refractivity contribution is 0.0508. The van der Waals surface area contributed by atoms with Gasteiger partial charge in [0.15, 0.2) is 0 Å². The zero-order valence-electron chi connectivity index (χ0n) is 17.3. The zero-order chi connectivity index (χ0) is 21.6. The molecule has 2 atom stereocenters. The number of halogens is 1. The minimum Gasteiger partial charge on any atom is -0.379 e. The number of morpholine rings is 1. The van der Waals surface area contributed by atoms with Gasteiger partial charge >= 0.3 is 5.97 Å². The molecule has 1 saturated heterocycles. The molecule has 4 rings (SSSR count). The molecule has 3 aliphatic rings. The topological polar surface area (TPSA) is 85.3 Å². The van der Waals surface area contributed by atoms with E-state index in [1.807, 2.05) is 0 Å². The third kappa shape index (κ3) is 3.68. The highest BCUT2D eigenvalue weighted by atomic mass is 35.5. The second kappa shape index (κ2) is 7.89. The quantitative estimate of drug-likeness (QED) is 0.503. The zero-order valence-corrected chi connectivity index (χ0v) is 18.8. The number of sulfonamides is 1. The number of fused-ring (bicyclic) bond motifs is 2. The second-order valence-corrected chi connectivity index (χ2v) is 11.3. The van der Waals surface area contributed by atoms with Crippen LogP contribution < -0.4 is 0 Å². The molecule has 0 radical (unpaired) electrons. The van der Waals surface area contributed by atoms with Crippen molar-refractivity contribution in [1.82, 2.24) is 4.31 Å². The summed E-state index contributed by atoms with van der Waals surface area (Å²) in [6.45, 7) is 5.81. The maximum atomic E-state index is 13.2. The van der Waals surface area contributed by atoms with Crippen molar-refractivity contribution in [2.75, 3.05) is 32.1 Å². The van der Waals surface area contributed by atoms with E-state index < -0.39 is 21.4 Å². The van der Waals surface area contributed by atoms with Crippen LogP contribution in [-0.4, -0.2) is 56.5 Å². The van der Waals surface area contributed by atoms with Crippen molar-refractivity contribution in [3.8, 4) is 0 Å². The first-order chi connectivity index (χ1) is 14.2. The third-order valence-electron chi connectivity index (χ3n) is 7.28. The first kappa shape index (κ1) is 21.7. The summed E-state index contributed by atoms with van der Waals surface area (Å²) in [5.74, 6) is -0.266. The van der Waals surface area contributed by atoms with Crippen LogP contribution in [0.2, 0.25) is 5.02 Å². The average Bonchev–Trinajstić information content (AvgIpc) is 3.07. The molecule has 2 bridgehead atoms. The molecule has 0 aromatic heterocycles. The highest BCUT2D eigenvalue weighted by molar-refractivity contribution is 7.89. The van der Waals surface area contributed by atoms with E-state index in [4.69, 9.17) is 21.2 Å². The number of nitrogens with zero attached hydrogens (tertiary/aromatic N) is 2. The van der Waals surface area contributed by atoms with Crippen molar-refractivity contribution in [2.45, 2.75) is 33.1 Å². The molecule has 0 N–H and O–H groups in total. The number of rotatable bonds is 5. The fourth-order valence-electron chi connectivity index (χ4n) is 5.23. The normalized spacial score (nSPS) is 30.0. The molecule has 9 heteroatoms. The minimum atomic E-state index is -3.49. The van der Waals surface area contributed by atoms with E-state index in [1.54, 1.807) is 24.3 Å². The van der Waals surface area contributed by atoms with Crippen molar-refractivity contribution in [2.24, 2.45) is 21.9 Å². The third-order valence-corrected chi connectivity index (χ3v) is 9.54. The summed E-state index contributed by atoms with van der Waals surface area (Å²) in [6.07, 6.45) is 2.33. The second-order valence-electron chi connectivity index (χ2n) is 8.93. The number of hydrogen-bond donors (Lipinski definition) is 0. The Kier molecular flexibility index (Phi) is 5.72. The van der Waals surface area contributed by atoms with Crippen LogP contribution >= 0.6 is 11.6 Å². The van der Waals surface area contributed by atoms with Gasteiger partial charge in [0, 0.05) is 23.5 Å². The van der Waals surface area contributed by atoms with Crippen molar-refractivity contribution < 1.29 is 22.8 Å². The summed E-state index contributed by atoms with van der Waals surface area (Å²) in [5, 5.41) is 4.76. The van der Waals surface area contributed by atoms with Crippen LogP contribution in [0.4, 0.5) is 0 Å². The lowest BCUT2D eigenvalue weighted by Gasteiger charge is -2.39. The van der Waals surface area contributed by atoms with Crippen LogP contribution in [0.3, 0.4) is 0 Å². The molecule has 1 aromatic rings. The van der Waals surface area contributed by atoms with Crippen molar-refractivity contribution in [1.29, 1.82) is 0 Å². The molecular formula is C21H27ClN2O5S. The van der Waals surface area contributed by atoms with Gasteiger partial charge in [0.05, 0.1) is 30.2 Å². The van der Waals surface area contributed by atoms with E-state index in [1.165, 1.54) is 4.31 Å². The minimum absolute atomic E-state index is 0.0131. The van der Waals surface area contributed by atoms with E-state index in [0.29, 0.717) is 54.9 Å². The van der Waals surface area contributed by atoms with Gasteiger partial charge in [0.2, 0.25) is 10.0 Å². The molecule has 2 unspecified atom stereocenters. The molecule has 2 saturated carbocycles. The molecule has 1 heterocycles. The molecule has 1 aromatic carbocycles. The molecule has 0 spiro atoms. The molecule has 3 fully saturated rings. The summed E-state index contributed by atoms with van der Waals surface area (Å²) in [5.41, 5.74) is 0.163. The number of carbonyl (C=O) groups is 1. The van der Waals surface area contributed by atoms with E-state index >= 15 is 0 Å². The van der Waals surface area contributed by atoms with E-state index in [0.717, 1.165) is 12.8 Å². The lowest BCUT2D eigenvalue weighted by atomic mass is 9.70. The predicted molar refractivity (Wildman–Crippen MR) is 114 cm³/mol.